The Labute approximate surface area is 117 Å². The zero-order chi connectivity index (χ0) is 14.4. The van der Waals surface area contributed by atoms with E-state index in [-0.39, 0.29) is 16.5 Å². The number of hydrogen-bond donors (Lipinski definition) is 2. The van der Waals surface area contributed by atoms with Crippen molar-refractivity contribution in [1.29, 1.82) is 0 Å². The van der Waals surface area contributed by atoms with Crippen LogP contribution in [0, 0.1) is 10.1 Å². The number of rotatable bonds is 8. The molecule has 0 spiro atoms. The quantitative estimate of drug-likeness (QED) is 0.430. The average Bonchev–Trinajstić information content (AvgIpc) is 3.22. The van der Waals surface area contributed by atoms with Crippen LogP contribution in [0.5, 0.6) is 0 Å². The van der Waals surface area contributed by atoms with Gasteiger partial charge < -0.3 is 10.6 Å². The van der Waals surface area contributed by atoms with Crippen LogP contribution in [0.25, 0.3) is 0 Å². The van der Waals surface area contributed by atoms with Gasteiger partial charge in [-0.3, -0.25) is 14.9 Å². The predicted octanol–water partition coefficient (Wildman–Crippen LogP) is 1.74. The number of carbonyl (C=O) groups excluding carboxylic acids is 1. The van der Waals surface area contributed by atoms with Crippen LogP contribution in [0.4, 0.5) is 5.69 Å². The maximum absolute atomic E-state index is 11.4. The number of carbonyl (C=O) groups is 1. The lowest BCUT2D eigenvalue weighted by Gasteiger charge is -2.06. The molecule has 1 aromatic carbocycles. The second kappa shape index (κ2) is 7.00. The molecule has 20 heavy (non-hydrogen) atoms. The Morgan fingerprint density at radius 3 is 2.80 bits per heavy atom. The van der Waals surface area contributed by atoms with Crippen LogP contribution in [0.1, 0.15) is 31.2 Å². The first-order chi connectivity index (χ1) is 9.66. The summed E-state index contributed by atoms with van der Waals surface area (Å²) in [5.41, 5.74) is 0.798. The summed E-state index contributed by atoms with van der Waals surface area (Å²) in [5, 5.41) is 16.9. The van der Waals surface area contributed by atoms with E-state index in [4.69, 9.17) is 0 Å². The van der Waals surface area contributed by atoms with Crippen LogP contribution in [0.2, 0.25) is 0 Å². The highest BCUT2D eigenvalue weighted by atomic mass is 16.6. The van der Waals surface area contributed by atoms with E-state index < -0.39 is 0 Å². The largest absolute Gasteiger partial charge is 0.353 e. The van der Waals surface area contributed by atoms with Gasteiger partial charge in [0.05, 0.1) is 4.92 Å². The molecule has 2 N–H and O–H groups in total. The van der Waals surface area contributed by atoms with E-state index in [9.17, 15) is 14.9 Å². The molecule has 1 saturated carbocycles. The summed E-state index contributed by atoms with van der Waals surface area (Å²) in [4.78, 5) is 21.9. The fraction of sp³-hybridized carbons (Fsp3) is 0.500. The first-order valence-electron chi connectivity index (χ1n) is 6.89. The van der Waals surface area contributed by atoms with E-state index in [1.165, 1.54) is 6.07 Å². The number of nitro groups is 1. The molecule has 2 rings (SSSR count). The van der Waals surface area contributed by atoms with Crippen LogP contribution in [-0.2, 0) is 11.3 Å². The van der Waals surface area contributed by atoms with E-state index >= 15 is 0 Å². The fourth-order valence-electron chi connectivity index (χ4n) is 1.96. The zero-order valence-electron chi connectivity index (χ0n) is 11.3. The van der Waals surface area contributed by atoms with Crippen molar-refractivity contribution < 1.29 is 9.72 Å². The molecule has 1 fully saturated rings. The second-order valence-corrected chi connectivity index (χ2v) is 5.01. The van der Waals surface area contributed by atoms with Gasteiger partial charge in [-0.15, -0.1) is 0 Å². The second-order valence-electron chi connectivity index (χ2n) is 5.01. The predicted molar refractivity (Wildman–Crippen MR) is 75.2 cm³/mol. The molecule has 1 aliphatic rings. The van der Waals surface area contributed by atoms with E-state index in [2.05, 4.69) is 10.6 Å². The third-order valence-electron chi connectivity index (χ3n) is 3.20. The minimum Gasteiger partial charge on any atom is -0.353 e. The van der Waals surface area contributed by atoms with Crippen LogP contribution >= 0.6 is 0 Å². The molecule has 0 unspecified atom stereocenters. The summed E-state index contributed by atoms with van der Waals surface area (Å²) in [6.45, 7) is 1.12. The van der Waals surface area contributed by atoms with Gasteiger partial charge in [0.1, 0.15) is 0 Å². The van der Waals surface area contributed by atoms with Crippen molar-refractivity contribution >= 4 is 11.6 Å². The molecular weight excluding hydrogens is 258 g/mol. The Morgan fingerprint density at radius 1 is 1.35 bits per heavy atom. The number of para-hydroxylation sites is 1. The Kier molecular flexibility index (Phi) is 5.06. The molecule has 108 valence electrons. The van der Waals surface area contributed by atoms with Gasteiger partial charge >= 0.3 is 0 Å². The van der Waals surface area contributed by atoms with Gasteiger partial charge in [-0.1, -0.05) is 18.2 Å². The lowest BCUT2D eigenvalue weighted by molar-refractivity contribution is -0.385. The number of nitro benzene ring substituents is 1. The minimum absolute atomic E-state index is 0.0972. The molecule has 6 nitrogen and oxygen atoms in total. The Balaban J connectivity index is 1.65. The van der Waals surface area contributed by atoms with Gasteiger partial charge in [0.2, 0.25) is 5.91 Å². The van der Waals surface area contributed by atoms with Gasteiger partial charge in [0.25, 0.3) is 5.69 Å². The van der Waals surface area contributed by atoms with E-state index in [1.54, 1.807) is 18.2 Å². The van der Waals surface area contributed by atoms with Gasteiger partial charge in [0.15, 0.2) is 0 Å². The highest BCUT2D eigenvalue weighted by Crippen LogP contribution is 2.19. The van der Waals surface area contributed by atoms with E-state index in [1.807, 2.05) is 0 Å². The lowest BCUT2D eigenvalue weighted by atomic mass is 10.2. The number of hydrogen-bond acceptors (Lipinski definition) is 4. The standard InChI is InChI=1S/C14H19N3O3/c18-14(16-12-7-8-12)6-3-9-15-10-11-4-1-2-5-13(11)17(19)20/h1-2,4-5,12,15H,3,6-10H2,(H,16,18). The third kappa shape index (κ3) is 4.62. The maximum atomic E-state index is 11.4. The molecule has 0 atom stereocenters. The first kappa shape index (κ1) is 14.5. The molecular formula is C14H19N3O3. The van der Waals surface area contributed by atoms with Crippen molar-refractivity contribution in [2.45, 2.75) is 38.3 Å². The van der Waals surface area contributed by atoms with Crippen molar-refractivity contribution in [2.24, 2.45) is 0 Å². The summed E-state index contributed by atoms with van der Waals surface area (Å²) >= 11 is 0. The summed E-state index contributed by atoms with van der Waals surface area (Å²) < 4.78 is 0. The number of nitrogens with zero attached hydrogens (tertiary/aromatic N) is 1. The Morgan fingerprint density at radius 2 is 2.10 bits per heavy atom. The Bertz CT molecular complexity index is 486. The molecule has 0 heterocycles. The van der Waals surface area contributed by atoms with Gasteiger partial charge in [-0.2, -0.15) is 0 Å². The third-order valence-corrected chi connectivity index (χ3v) is 3.20. The van der Waals surface area contributed by atoms with Gasteiger partial charge in [0, 0.05) is 30.6 Å². The molecule has 0 aromatic heterocycles. The monoisotopic (exact) mass is 277 g/mol. The van der Waals surface area contributed by atoms with Crippen LogP contribution in [-0.4, -0.2) is 23.4 Å². The molecule has 1 aliphatic carbocycles. The first-order valence-corrected chi connectivity index (χ1v) is 6.89. The van der Waals surface area contributed by atoms with Gasteiger partial charge in [-0.05, 0) is 25.8 Å². The van der Waals surface area contributed by atoms with E-state index in [0.29, 0.717) is 31.1 Å². The Hall–Kier alpha value is -1.95. The number of benzene rings is 1. The SMILES string of the molecule is O=C(CCCNCc1ccccc1[N+](=O)[O-])NC1CC1. The normalized spacial score (nSPS) is 14.0. The molecule has 1 amide bonds. The smallest absolute Gasteiger partial charge is 0.273 e. The molecule has 0 aliphatic heterocycles. The van der Waals surface area contributed by atoms with Crippen molar-refractivity contribution in [3.63, 3.8) is 0 Å². The van der Waals surface area contributed by atoms with Crippen molar-refractivity contribution in [3.8, 4) is 0 Å². The van der Waals surface area contributed by atoms with Gasteiger partial charge in [-0.25, -0.2) is 0 Å². The molecule has 0 bridgehead atoms. The average molecular weight is 277 g/mol. The number of nitrogens with one attached hydrogen (secondary N) is 2. The molecule has 0 radical (unpaired) electrons. The van der Waals surface area contributed by atoms with Crippen LogP contribution < -0.4 is 10.6 Å². The molecule has 0 saturated heterocycles. The fourth-order valence-corrected chi connectivity index (χ4v) is 1.96. The van der Waals surface area contributed by atoms with Crippen LogP contribution in [0.15, 0.2) is 24.3 Å². The molecule has 1 aromatic rings. The molecule has 6 heteroatoms. The highest BCUT2D eigenvalue weighted by molar-refractivity contribution is 5.76. The maximum Gasteiger partial charge on any atom is 0.273 e. The summed E-state index contributed by atoms with van der Waals surface area (Å²) in [7, 11) is 0. The number of amides is 1. The minimum atomic E-state index is -0.375. The summed E-state index contributed by atoms with van der Waals surface area (Å²) in [6, 6.07) is 7.09. The summed E-state index contributed by atoms with van der Waals surface area (Å²) in [5.74, 6) is 0.0972. The van der Waals surface area contributed by atoms with Crippen molar-refractivity contribution in [2.75, 3.05) is 6.54 Å². The van der Waals surface area contributed by atoms with Crippen molar-refractivity contribution in [1.82, 2.24) is 10.6 Å². The summed E-state index contributed by atoms with van der Waals surface area (Å²) in [6.07, 6.45) is 3.43. The van der Waals surface area contributed by atoms with E-state index in [0.717, 1.165) is 19.3 Å². The highest BCUT2D eigenvalue weighted by Gasteiger charge is 2.22. The lowest BCUT2D eigenvalue weighted by Crippen LogP contribution is -2.26. The van der Waals surface area contributed by atoms with Crippen molar-refractivity contribution in [3.05, 3.63) is 39.9 Å². The van der Waals surface area contributed by atoms with Crippen LogP contribution in [0.3, 0.4) is 0 Å². The zero-order valence-corrected chi connectivity index (χ0v) is 11.3. The topological polar surface area (TPSA) is 84.3 Å².